The van der Waals surface area contributed by atoms with Gasteiger partial charge in [0.2, 0.25) is 0 Å². The van der Waals surface area contributed by atoms with Crippen molar-refractivity contribution in [3.05, 3.63) is 29.8 Å². The van der Waals surface area contributed by atoms with Crippen molar-refractivity contribution in [1.82, 2.24) is 0 Å². The summed E-state index contributed by atoms with van der Waals surface area (Å²) in [6.45, 7) is 5.22. The SMILES string of the molecule is CCCCCCCOc1ccc([C@H]2CC[C@H](CC)CC2=O)cc1. The molecule has 2 nitrogen and oxygen atoms in total. The molecule has 0 aliphatic heterocycles. The first kappa shape index (κ1) is 18.0. The Balaban J connectivity index is 1.77. The number of ketones is 1. The van der Waals surface area contributed by atoms with Crippen LogP contribution in [0.3, 0.4) is 0 Å². The van der Waals surface area contributed by atoms with Gasteiger partial charge < -0.3 is 4.74 Å². The predicted molar refractivity (Wildman–Crippen MR) is 96.1 cm³/mol. The number of Topliss-reactive ketones (excluding diaryl/α,β-unsaturated/α-hetero) is 1. The molecule has 0 N–H and O–H groups in total. The summed E-state index contributed by atoms with van der Waals surface area (Å²) in [7, 11) is 0. The van der Waals surface area contributed by atoms with E-state index in [0.29, 0.717) is 11.7 Å². The fourth-order valence-electron chi connectivity index (χ4n) is 3.49. The van der Waals surface area contributed by atoms with Gasteiger partial charge in [0.05, 0.1) is 6.61 Å². The number of hydrogen-bond donors (Lipinski definition) is 0. The van der Waals surface area contributed by atoms with Crippen molar-refractivity contribution in [2.75, 3.05) is 6.61 Å². The van der Waals surface area contributed by atoms with Gasteiger partial charge >= 0.3 is 0 Å². The molecule has 0 aromatic heterocycles. The van der Waals surface area contributed by atoms with Crippen molar-refractivity contribution in [2.45, 2.75) is 77.6 Å². The Hall–Kier alpha value is -1.31. The van der Waals surface area contributed by atoms with Crippen LogP contribution in [0.15, 0.2) is 24.3 Å². The largest absolute Gasteiger partial charge is 0.494 e. The molecule has 0 spiro atoms. The van der Waals surface area contributed by atoms with Crippen molar-refractivity contribution >= 4 is 5.78 Å². The van der Waals surface area contributed by atoms with Crippen LogP contribution < -0.4 is 4.74 Å². The van der Waals surface area contributed by atoms with E-state index in [-0.39, 0.29) is 5.92 Å². The number of ether oxygens (including phenoxy) is 1. The summed E-state index contributed by atoms with van der Waals surface area (Å²) in [5.74, 6) is 2.07. The summed E-state index contributed by atoms with van der Waals surface area (Å²) in [5, 5.41) is 0. The second-order valence-corrected chi connectivity index (χ2v) is 6.91. The monoisotopic (exact) mass is 316 g/mol. The van der Waals surface area contributed by atoms with E-state index in [9.17, 15) is 4.79 Å². The Morgan fingerprint density at radius 1 is 1.00 bits per heavy atom. The second-order valence-electron chi connectivity index (χ2n) is 6.91. The van der Waals surface area contributed by atoms with Gasteiger partial charge in [-0.15, -0.1) is 0 Å². The van der Waals surface area contributed by atoms with Crippen molar-refractivity contribution in [1.29, 1.82) is 0 Å². The third kappa shape index (κ3) is 5.67. The summed E-state index contributed by atoms with van der Waals surface area (Å²) >= 11 is 0. The maximum Gasteiger partial charge on any atom is 0.140 e. The van der Waals surface area contributed by atoms with E-state index in [4.69, 9.17) is 4.74 Å². The lowest BCUT2D eigenvalue weighted by molar-refractivity contribution is -0.123. The average molecular weight is 316 g/mol. The molecule has 2 atom stereocenters. The molecule has 2 heteroatoms. The number of benzene rings is 1. The number of carbonyl (C=O) groups is 1. The highest BCUT2D eigenvalue weighted by molar-refractivity contribution is 5.86. The summed E-state index contributed by atoms with van der Waals surface area (Å²) in [4.78, 5) is 12.3. The summed E-state index contributed by atoms with van der Waals surface area (Å²) in [6, 6.07) is 8.23. The zero-order chi connectivity index (χ0) is 16.5. The van der Waals surface area contributed by atoms with Crippen LogP contribution in [-0.2, 0) is 4.79 Å². The molecule has 23 heavy (non-hydrogen) atoms. The van der Waals surface area contributed by atoms with Gasteiger partial charge in [0, 0.05) is 12.3 Å². The van der Waals surface area contributed by atoms with E-state index in [0.717, 1.165) is 38.0 Å². The van der Waals surface area contributed by atoms with Gasteiger partial charge in [-0.05, 0) is 42.9 Å². The number of unbranched alkanes of at least 4 members (excludes halogenated alkanes) is 4. The lowest BCUT2D eigenvalue weighted by Gasteiger charge is -2.27. The highest BCUT2D eigenvalue weighted by Gasteiger charge is 2.28. The third-order valence-corrected chi connectivity index (χ3v) is 5.12. The first-order chi connectivity index (χ1) is 11.2. The van der Waals surface area contributed by atoms with Crippen LogP contribution in [0.5, 0.6) is 5.75 Å². The zero-order valence-corrected chi connectivity index (χ0v) is 14.9. The first-order valence-corrected chi connectivity index (χ1v) is 9.50. The minimum Gasteiger partial charge on any atom is -0.494 e. The smallest absolute Gasteiger partial charge is 0.140 e. The molecule has 0 heterocycles. The van der Waals surface area contributed by atoms with Crippen LogP contribution in [-0.4, -0.2) is 12.4 Å². The number of rotatable bonds is 9. The Labute approximate surface area is 141 Å². The predicted octanol–water partition coefficient (Wildman–Crippen LogP) is 5.90. The molecule has 0 saturated heterocycles. The fraction of sp³-hybridized carbons (Fsp3) is 0.667. The average Bonchev–Trinajstić information content (AvgIpc) is 2.58. The lowest BCUT2D eigenvalue weighted by Crippen LogP contribution is -2.23. The minimum atomic E-state index is 0.112. The van der Waals surface area contributed by atoms with Crippen LogP contribution in [0.25, 0.3) is 0 Å². The minimum absolute atomic E-state index is 0.112. The molecule has 2 rings (SSSR count). The summed E-state index contributed by atoms with van der Waals surface area (Å²) in [6.07, 6.45) is 10.4. The molecular weight excluding hydrogens is 284 g/mol. The quantitative estimate of drug-likeness (QED) is 0.530. The van der Waals surface area contributed by atoms with Crippen molar-refractivity contribution in [2.24, 2.45) is 5.92 Å². The molecule has 1 saturated carbocycles. The maximum absolute atomic E-state index is 12.3. The zero-order valence-electron chi connectivity index (χ0n) is 14.9. The molecule has 1 aliphatic carbocycles. The van der Waals surface area contributed by atoms with Gasteiger partial charge in [-0.2, -0.15) is 0 Å². The molecule has 128 valence electrons. The van der Waals surface area contributed by atoms with Gasteiger partial charge in [-0.1, -0.05) is 58.1 Å². The van der Waals surface area contributed by atoms with Gasteiger partial charge in [0.15, 0.2) is 0 Å². The molecule has 1 aromatic rings. The molecule has 0 radical (unpaired) electrons. The standard InChI is InChI=1S/C21H32O2/c1-3-5-6-7-8-15-23-19-12-10-18(11-13-19)20-14-9-17(4-2)16-21(20)22/h10-13,17,20H,3-9,14-16H2,1-2H3/t17-,20+/m0/s1. The van der Waals surface area contributed by atoms with E-state index < -0.39 is 0 Å². The number of carbonyl (C=O) groups excluding carboxylic acids is 1. The van der Waals surface area contributed by atoms with Crippen LogP contribution >= 0.6 is 0 Å². The molecule has 1 aliphatic rings. The highest BCUT2D eigenvalue weighted by Crippen LogP contribution is 2.34. The molecule has 0 amide bonds. The van der Waals surface area contributed by atoms with E-state index in [1.54, 1.807) is 0 Å². The van der Waals surface area contributed by atoms with Gasteiger partial charge in [-0.25, -0.2) is 0 Å². The topological polar surface area (TPSA) is 26.3 Å². The highest BCUT2D eigenvalue weighted by atomic mass is 16.5. The maximum atomic E-state index is 12.3. The fourth-order valence-corrected chi connectivity index (χ4v) is 3.49. The number of hydrogen-bond acceptors (Lipinski definition) is 2. The summed E-state index contributed by atoms with van der Waals surface area (Å²) < 4.78 is 5.80. The third-order valence-electron chi connectivity index (χ3n) is 5.12. The first-order valence-electron chi connectivity index (χ1n) is 9.50. The van der Waals surface area contributed by atoms with E-state index in [2.05, 4.69) is 26.0 Å². The van der Waals surface area contributed by atoms with Crippen molar-refractivity contribution < 1.29 is 9.53 Å². The van der Waals surface area contributed by atoms with Gasteiger partial charge in [-0.3, -0.25) is 4.79 Å². The van der Waals surface area contributed by atoms with Crippen LogP contribution in [0.4, 0.5) is 0 Å². The Morgan fingerprint density at radius 3 is 2.39 bits per heavy atom. The second kappa shape index (κ2) is 9.75. The van der Waals surface area contributed by atoms with Crippen molar-refractivity contribution in [3.63, 3.8) is 0 Å². The van der Waals surface area contributed by atoms with Crippen molar-refractivity contribution in [3.8, 4) is 5.75 Å². The molecule has 0 unspecified atom stereocenters. The van der Waals surface area contributed by atoms with Crippen LogP contribution in [0.2, 0.25) is 0 Å². The van der Waals surface area contributed by atoms with E-state index in [1.807, 2.05) is 12.1 Å². The Kier molecular flexibility index (Phi) is 7.64. The Bertz CT molecular complexity index is 463. The molecule has 0 bridgehead atoms. The van der Waals surface area contributed by atoms with Gasteiger partial charge in [0.1, 0.15) is 11.5 Å². The van der Waals surface area contributed by atoms with Crippen LogP contribution in [0.1, 0.15) is 83.1 Å². The van der Waals surface area contributed by atoms with Gasteiger partial charge in [0.25, 0.3) is 0 Å². The van der Waals surface area contributed by atoms with E-state index >= 15 is 0 Å². The van der Waals surface area contributed by atoms with E-state index in [1.165, 1.54) is 37.7 Å². The summed E-state index contributed by atoms with van der Waals surface area (Å²) in [5.41, 5.74) is 1.17. The van der Waals surface area contributed by atoms with Crippen LogP contribution in [0, 0.1) is 5.92 Å². The Morgan fingerprint density at radius 2 is 1.74 bits per heavy atom. The molecule has 1 fully saturated rings. The normalized spacial score (nSPS) is 21.4. The molecular formula is C21H32O2. The lowest BCUT2D eigenvalue weighted by atomic mass is 9.77. The molecule has 1 aromatic carbocycles.